The van der Waals surface area contributed by atoms with Crippen molar-refractivity contribution in [2.75, 3.05) is 13.1 Å². The van der Waals surface area contributed by atoms with Gasteiger partial charge in [-0.1, -0.05) is 18.2 Å². The molecule has 3 aromatic rings. The number of fused-ring (bicyclic) bond motifs is 3. The number of H-pyrrole nitrogens is 1. The summed E-state index contributed by atoms with van der Waals surface area (Å²) in [6.45, 7) is 1.80. The topological polar surface area (TPSA) is 65.1 Å². The summed E-state index contributed by atoms with van der Waals surface area (Å²) in [5.41, 5.74) is 3.00. The van der Waals surface area contributed by atoms with Gasteiger partial charge in [-0.15, -0.1) is 11.3 Å². The predicted octanol–water partition coefficient (Wildman–Crippen LogP) is 2.83. The van der Waals surface area contributed by atoms with Gasteiger partial charge in [-0.2, -0.15) is 0 Å². The third-order valence-electron chi connectivity index (χ3n) is 3.95. The summed E-state index contributed by atoms with van der Waals surface area (Å²) < 4.78 is 0.585. The molecule has 0 fully saturated rings. The molecule has 21 heavy (non-hydrogen) atoms. The van der Waals surface area contributed by atoms with Crippen LogP contribution in [0.5, 0.6) is 5.75 Å². The number of thiophene rings is 1. The molecule has 0 saturated heterocycles. The van der Waals surface area contributed by atoms with Crippen LogP contribution in [0.15, 0.2) is 34.4 Å². The fourth-order valence-electron chi connectivity index (χ4n) is 3.00. The van der Waals surface area contributed by atoms with Crippen molar-refractivity contribution in [3.05, 3.63) is 45.6 Å². The predicted molar refractivity (Wildman–Crippen MR) is 87.1 cm³/mol. The maximum absolute atomic E-state index is 12.1. The molecule has 0 unspecified atom stereocenters. The minimum Gasteiger partial charge on any atom is -0.506 e. The first-order valence-electron chi connectivity index (χ1n) is 6.91. The van der Waals surface area contributed by atoms with Gasteiger partial charge in [-0.05, 0) is 30.2 Å². The molecule has 0 saturated carbocycles. The van der Waals surface area contributed by atoms with Gasteiger partial charge in [0.1, 0.15) is 10.4 Å². The van der Waals surface area contributed by atoms with E-state index >= 15 is 0 Å². The number of aromatic nitrogens is 1. The first-order chi connectivity index (χ1) is 10.3. The van der Waals surface area contributed by atoms with Gasteiger partial charge in [-0.25, -0.2) is 0 Å². The second-order valence-electron chi connectivity index (χ2n) is 5.19. The lowest BCUT2D eigenvalue weighted by atomic mass is 9.94. The van der Waals surface area contributed by atoms with Gasteiger partial charge >= 0.3 is 0 Å². The molecule has 106 valence electrons. The van der Waals surface area contributed by atoms with Gasteiger partial charge in [0, 0.05) is 28.2 Å². The molecule has 1 aliphatic heterocycles. The van der Waals surface area contributed by atoms with E-state index in [1.165, 1.54) is 16.9 Å². The number of aromatic amines is 1. The van der Waals surface area contributed by atoms with E-state index in [4.69, 9.17) is 0 Å². The number of aromatic hydroxyl groups is 1. The highest BCUT2D eigenvalue weighted by molar-refractivity contribution is 7.17. The lowest BCUT2D eigenvalue weighted by Crippen LogP contribution is -2.20. The van der Waals surface area contributed by atoms with Crippen LogP contribution >= 0.6 is 11.3 Å². The Morgan fingerprint density at radius 2 is 2.14 bits per heavy atom. The zero-order valence-corrected chi connectivity index (χ0v) is 12.1. The van der Waals surface area contributed by atoms with Crippen molar-refractivity contribution in [3.63, 3.8) is 0 Å². The molecular weight excluding hydrogens is 284 g/mol. The van der Waals surface area contributed by atoms with Crippen LogP contribution in [0.4, 0.5) is 0 Å². The smallest absolute Gasteiger partial charge is 0.266 e. The van der Waals surface area contributed by atoms with Crippen LogP contribution < -0.4 is 10.9 Å². The summed E-state index contributed by atoms with van der Waals surface area (Å²) in [5, 5.41) is 16.7. The quantitative estimate of drug-likeness (QED) is 0.647. The molecular formula is C16H14N2O2S. The summed E-state index contributed by atoms with van der Waals surface area (Å²) in [6.07, 6.45) is 3.13. The Morgan fingerprint density at radius 1 is 1.24 bits per heavy atom. The van der Waals surface area contributed by atoms with Gasteiger partial charge in [-0.3, -0.25) is 4.79 Å². The Bertz CT molecular complexity index is 936. The zero-order chi connectivity index (χ0) is 14.4. The first kappa shape index (κ1) is 12.6. The molecule has 0 aliphatic carbocycles. The molecule has 4 rings (SSSR count). The van der Waals surface area contributed by atoms with E-state index in [2.05, 4.69) is 22.4 Å². The Morgan fingerprint density at radius 3 is 2.95 bits per heavy atom. The molecule has 2 aromatic heterocycles. The highest BCUT2D eigenvalue weighted by Crippen LogP contribution is 2.38. The molecule has 5 heteroatoms. The molecule has 0 spiro atoms. The van der Waals surface area contributed by atoms with Crippen molar-refractivity contribution in [2.24, 2.45) is 0 Å². The lowest BCUT2D eigenvalue weighted by molar-refractivity contribution is 0.484. The van der Waals surface area contributed by atoms with E-state index in [1.807, 2.05) is 12.1 Å². The van der Waals surface area contributed by atoms with Crippen LogP contribution in [-0.2, 0) is 0 Å². The lowest BCUT2D eigenvalue weighted by Gasteiger charge is -2.16. The Labute approximate surface area is 124 Å². The average molecular weight is 298 g/mol. The standard InChI is InChI=1S/C16H14N2O2S/c19-12-8-21-15-14(12)13-10(9-4-6-17-7-5-9)2-1-3-11(13)18-16(15)20/h1-4,8,17,19H,5-7H2,(H,18,20). The second-order valence-corrected chi connectivity index (χ2v) is 6.07. The summed E-state index contributed by atoms with van der Waals surface area (Å²) >= 11 is 1.29. The monoisotopic (exact) mass is 298 g/mol. The summed E-state index contributed by atoms with van der Waals surface area (Å²) in [5.74, 6) is 0.188. The van der Waals surface area contributed by atoms with E-state index in [0.29, 0.717) is 10.1 Å². The minimum absolute atomic E-state index is 0.140. The first-order valence-corrected chi connectivity index (χ1v) is 7.79. The van der Waals surface area contributed by atoms with Crippen molar-refractivity contribution in [1.29, 1.82) is 0 Å². The Balaban J connectivity index is 2.17. The number of pyridine rings is 1. The molecule has 1 aromatic carbocycles. The maximum Gasteiger partial charge on any atom is 0.266 e. The van der Waals surface area contributed by atoms with Crippen LogP contribution in [0.25, 0.3) is 26.6 Å². The van der Waals surface area contributed by atoms with E-state index in [-0.39, 0.29) is 11.3 Å². The van der Waals surface area contributed by atoms with Gasteiger partial charge in [0.15, 0.2) is 0 Å². The molecule has 0 amide bonds. The fourth-order valence-corrected chi connectivity index (χ4v) is 3.83. The highest BCUT2D eigenvalue weighted by Gasteiger charge is 2.16. The molecule has 3 heterocycles. The molecule has 3 N–H and O–H groups in total. The van der Waals surface area contributed by atoms with Crippen molar-refractivity contribution < 1.29 is 5.11 Å². The van der Waals surface area contributed by atoms with Crippen molar-refractivity contribution in [3.8, 4) is 5.75 Å². The molecule has 4 nitrogen and oxygen atoms in total. The van der Waals surface area contributed by atoms with E-state index in [0.717, 1.165) is 36.0 Å². The van der Waals surface area contributed by atoms with Gasteiger partial charge in [0.25, 0.3) is 5.56 Å². The maximum atomic E-state index is 12.1. The van der Waals surface area contributed by atoms with E-state index in [9.17, 15) is 9.90 Å². The highest BCUT2D eigenvalue weighted by atomic mass is 32.1. The molecule has 0 bridgehead atoms. The van der Waals surface area contributed by atoms with Crippen molar-refractivity contribution in [1.82, 2.24) is 10.3 Å². The fraction of sp³-hybridized carbons (Fsp3) is 0.188. The summed E-state index contributed by atoms with van der Waals surface area (Å²) in [6, 6.07) is 5.90. The second kappa shape index (κ2) is 4.72. The van der Waals surface area contributed by atoms with Crippen molar-refractivity contribution >= 4 is 37.9 Å². The third kappa shape index (κ3) is 1.89. The van der Waals surface area contributed by atoms with Crippen LogP contribution in [0.3, 0.4) is 0 Å². The van der Waals surface area contributed by atoms with Gasteiger partial charge in [0.2, 0.25) is 0 Å². The Kier molecular flexibility index (Phi) is 2.83. The molecule has 0 radical (unpaired) electrons. The number of hydrogen-bond donors (Lipinski definition) is 3. The van der Waals surface area contributed by atoms with Crippen molar-refractivity contribution in [2.45, 2.75) is 6.42 Å². The SMILES string of the molecule is O=c1[nH]c2cccc(C3=CCNCC3)c2c2c(O)csc12. The number of rotatable bonds is 1. The molecule has 1 aliphatic rings. The van der Waals surface area contributed by atoms with E-state index in [1.54, 1.807) is 5.38 Å². The number of nitrogens with one attached hydrogen (secondary N) is 2. The molecule has 0 atom stereocenters. The van der Waals surface area contributed by atoms with Gasteiger partial charge < -0.3 is 15.4 Å². The number of benzene rings is 1. The van der Waals surface area contributed by atoms with Crippen LogP contribution in [0.2, 0.25) is 0 Å². The average Bonchev–Trinajstić information content (AvgIpc) is 2.90. The Hall–Kier alpha value is -2.11. The largest absolute Gasteiger partial charge is 0.506 e. The minimum atomic E-state index is -0.140. The summed E-state index contributed by atoms with van der Waals surface area (Å²) in [7, 11) is 0. The van der Waals surface area contributed by atoms with Crippen LogP contribution in [-0.4, -0.2) is 23.2 Å². The van der Waals surface area contributed by atoms with Crippen LogP contribution in [0, 0.1) is 0 Å². The normalized spacial score (nSPS) is 15.5. The third-order valence-corrected chi connectivity index (χ3v) is 4.92. The zero-order valence-electron chi connectivity index (χ0n) is 11.3. The van der Waals surface area contributed by atoms with E-state index < -0.39 is 0 Å². The number of hydrogen-bond acceptors (Lipinski definition) is 4. The van der Waals surface area contributed by atoms with Gasteiger partial charge in [0.05, 0.1) is 0 Å². The summed E-state index contributed by atoms with van der Waals surface area (Å²) in [4.78, 5) is 15.0. The van der Waals surface area contributed by atoms with Crippen LogP contribution in [0.1, 0.15) is 12.0 Å².